The zero-order valence-corrected chi connectivity index (χ0v) is 15.0. The van der Waals surface area contributed by atoms with Gasteiger partial charge in [-0.3, -0.25) is 0 Å². The van der Waals surface area contributed by atoms with E-state index in [1.807, 2.05) is 36.4 Å². The number of hydrogen-bond acceptors (Lipinski definition) is 2. The molecule has 2 aromatic carbocycles. The van der Waals surface area contributed by atoms with Crippen LogP contribution in [0.5, 0.6) is 0 Å². The third-order valence-corrected chi connectivity index (χ3v) is 4.33. The van der Waals surface area contributed by atoms with Gasteiger partial charge in [0, 0.05) is 10.6 Å². The fourth-order valence-corrected chi connectivity index (χ4v) is 2.91. The van der Waals surface area contributed by atoms with E-state index in [9.17, 15) is 4.79 Å². The Labute approximate surface area is 149 Å². The number of ether oxygens (including phenoxy) is 1. The molecule has 2 aromatic rings. The average molecular weight is 345 g/mol. The Morgan fingerprint density at radius 3 is 2.38 bits per heavy atom. The molecule has 0 atom stereocenters. The van der Waals surface area contributed by atoms with E-state index in [1.165, 1.54) is 25.7 Å². The monoisotopic (exact) mass is 344 g/mol. The molecule has 0 radical (unpaired) electrons. The standard InChI is InChI=1S/C21H25ClO2/c1-2-3-4-5-6-10-15-24-21(23)18-13-14-19(20(22)16-18)17-11-8-7-9-12-17/h7-9,11-14,16H,2-6,10,15H2,1H3. The van der Waals surface area contributed by atoms with E-state index in [-0.39, 0.29) is 5.97 Å². The molecule has 2 rings (SSSR count). The van der Waals surface area contributed by atoms with Crippen LogP contribution in [0.25, 0.3) is 11.1 Å². The van der Waals surface area contributed by atoms with E-state index in [2.05, 4.69) is 6.92 Å². The number of carbonyl (C=O) groups excluding carboxylic acids is 1. The van der Waals surface area contributed by atoms with Crippen molar-refractivity contribution in [3.8, 4) is 11.1 Å². The van der Waals surface area contributed by atoms with Gasteiger partial charge in [0.15, 0.2) is 0 Å². The van der Waals surface area contributed by atoms with Gasteiger partial charge in [-0.05, 0) is 24.1 Å². The molecule has 0 aliphatic heterocycles. The number of unbranched alkanes of at least 4 members (excludes halogenated alkanes) is 5. The number of rotatable bonds is 9. The lowest BCUT2D eigenvalue weighted by Gasteiger charge is -2.08. The smallest absolute Gasteiger partial charge is 0.338 e. The van der Waals surface area contributed by atoms with E-state index >= 15 is 0 Å². The minimum atomic E-state index is -0.301. The number of benzene rings is 2. The van der Waals surface area contributed by atoms with E-state index in [0.717, 1.165) is 24.0 Å². The van der Waals surface area contributed by atoms with Gasteiger partial charge in [0.05, 0.1) is 12.2 Å². The Morgan fingerprint density at radius 1 is 0.958 bits per heavy atom. The summed E-state index contributed by atoms with van der Waals surface area (Å²) in [6.07, 6.45) is 7.04. The summed E-state index contributed by atoms with van der Waals surface area (Å²) in [5, 5.41) is 0.565. The van der Waals surface area contributed by atoms with Crippen molar-refractivity contribution >= 4 is 17.6 Å². The predicted molar refractivity (Wildman–Crippen MR) is 101 cm³/mol. The maximum atomic E-state index is 12.1. The first-order chi connectivity index (χ1) is 11.7. The SMILES string of the molecule is CCCCCCCCOC(=O)c1ccc(-c2ccccc2)c(Cl)c1. The lowest BCUT2D eigenvalue weighted by molar-refractivity contribution is 0.0497. The molecule has 0 aliphatic rings. The summed E-state index contributed by atoms with van der Waals surface area (Å²) in [6.45, 7) is 2.68. The number of halogens is 1. The summed E-state index contributed by atoms with van der Waals surface area (Å²) in [5.74, 6) is -0.301. The van der Waals surface area contributed by atoms with Crippen molar-refractivity contribution in [2.45, 2.75) is 45.4 Å². The Bertz CT molecular complexity index is 638. The predicted octanol–water partition coefficient (Wildman–Crippen LogP) is 6.52. The van der Waals surface area contributed by atoms with Crippen LogP contribution in [0.15, 0.2) is 48.5 Å². The molecule has 0 aliphatic carbocycles. The molecule has 0 amide bonds. The maximum Gasteiger partial charge on any atom is 0.338 e. The van der Waals surface area contributed by atoms with Gasteiger partial charge < -0.3 is 4.74 Å². The minimum absolute atomic E-state index is 0.301. The van der Waals surface area contributed by atoms with Crippen molar-refractivity contribution in [3.63, 3.8) is 0 Å². The molecule has 0 bridgehead atoms. The Kier molecular flexibility index (Phi) is 7.84. The van der Waals surface area contributed by atoms with E-state index in [1.54, 1.807) is 12.1 Å². The number of carbonyl (C=O) groups is 1. The molecular weight excluding hydrogens is 320 g/mol. The quantitative estimate of drug-likeness (QED) is 0.382. The second-order valence-electron chi connectivity index (χ2n) is 5.96. The fourth-order valence-electron chi connectivity index (χ4n) is 2.62. The highest BCUT2D eigenvalue weighted by Gasteiger charge is 2.11. The average Bonchev–Trinajstić information content (AvgIpc) is 2.61. The minimum Gasteiger partial charge on any atom is -0.462 e. The zero-order valence-electron chi connectivity index (χ0n) is 14.3. The maximum absolute atomic E-state index is 12.1. The van der Waals surface area contributed by atoms with Crippen LogP contribution in [0.3, 0.4) is 0 Å². The highest BCUT2D eigenvalue weighted by molar-refractivity contribution is 6.33. The van der Waals surface area contributed by atoms with Crippen molar-refractivity contribution in [1.82, 2.24) is 0 Å². The zero-order chi connectivity index (χ0) is 17.2. The normalized spacial score (nSPS) is 10.6. The summed E-state index contributed by atoms with van der Waals surface area (Å²) in [7, 11) is 0. The van der Waals surface area contributed by atoms with Gasteiger partial charge in [0.1, 0.15) is 0 Å². The molecule has 0 spiro atoms. The molecule has 3 heteroatoms. The molecule has 0 saturated carbocycles. The number of esters is 1. The third-order valence-electron chi connectivity index (χ3n) is 4.02. The van der Waals surface area contributed by atoms with Gasteiger partial charge in [-0.25, -0.2) is 4.79 Å². The van der Waals surface area contributed by atoms with Gasteiger partial charge in [0.2, 0.25) is 0 Å². The Hall–Kier alpha value is -1.80. The lowest BCUT2D eigenvalue weighted by atomic mass is 10.0. The van der Waals surface area contributed by atoms with Crippen LogP contribution >= 0.6 is 11.6 Å². The van der Waals surface area contributed by atoms with Crippen molar-refractivity contribution in [2.75, 3.05) is 6.61 Å². The first-order valence-corrected chi connectivity index (χ1v) is 9.12. The second kappa shape index (κ2) is 10.1. The van der Waals surface area contributed by atoms with Gasteiger partial charge in [-0.2, -0.15) is 0 Å². The summed E-state index contributed by atoms with van der Waals surface area (Å²) in [6, 6.07) is 15.2. The van der Waals surface area contributed by atoms with E-state index < -0.39 is 0 Å². The molecule has 0 saturated heterocycles. The molecule has 0 aromatic heterocycles. The molecular formula is C21H25ClO2. The molecule has 24 heavy (non-hydrogen) atoms. The molecule has 0 fully saturated rings. The molecule has 2 nitrogen and oxygen atoms in total. The van der Waals surface area contributed by atoms with Crippen molar-refractivity contribution in [3.05, 3.63) is 59.1 Å². The van der Waals surface area contributed by atoms with E-state index in [0.29, 0.717) is 17.2 Å². The molecule has 0 heterocycles. The van der Waals surface area contributed by atoms with Gasteiger partial charge in [-0.15, -0.1) is 0 Å². The first-order valence-electron chi connectivity index (χ1n) is 8.74. The number of hydrogen-bond donors (Lipinski definition) is 0. The Morgan fingerprint density at radius 2 is 1.67 bits per heavy atom. The van der Waals surface area contributed by atoms with E-state index in [4.69, 9.17) is 16.3 Å². The van der Waals surface area contributed by atoms with Gasteiger partial charge >= 0.3 is 5.97 Å². The molecule has 128 valence electrons. The van der Waals surface area contributed by atoms with Crippen LogP contribution in [-0.2, 0) is 4.74 Å². The second-order valence-corrected chi connectivity index (χ2v) is 6.37. The van der Waals surface area contributed by atoms with Crippen molar-refractivity contribution < 1.29 is 9.53 Å². The summed E-state index contributed by atoms with van der Waals surface area (Å²) in [5.41, 5.74) is 2.46. The lowest BCUT2D eigenvalue weighted by Crippen LogP contribution is -2.06. The van der Waals surface area contributed by atoms with Crippen LogP contribution in [0.4, 0.5) is 0 Å². The van der Waals surface area contributed by atoms with Gasteiger partial charge in [-0.1, -0.05) is 87.0 Å². The van der Waals surface area contributed by atoms with Crippen LogP contribution in [0.1, 0.15) is 55.8 Å². The van der Waals surface area contributed by atoms with Gasteiger partial charge in [0.25, 0.3) is 0 Å². The topological polar surface area (TPSA) is 26.3 Å². The summed E-state index contributed by atoms with van der Waals surface area (Å²) in [4.78, 5) is 12.1. The molecule has 0 unspecified atom stereocenters. The van der Waals surface area contributed by atoms with Crippen molar-refractivity contribution in [2.24, 2.45) is 0 Å². The highest BCUT2D eigenvalue weighted by atomic mass is 35.5. The Balaban J connectivity index is 1.84. The van der Waals surface area contributed by atoms with Crippen LogP contribution in [-0.4, -0.2) is 12.6 Å². The fraction of sp³-hybridized carbons (Fsp3) is 0.381. The van der Waals surface area contributed by atoms with Crippen LogP contribution in [0, 0.1) is 0 Å². The van der Waals surface area contributed by atoms with Crippen molar-refractivity contribution in [1.29, 1.82) is 0 Å². The highest BCUT2D eigenvalue weighted by Crippen LogP contribution is 2.28. The first kappa shape index (κ1) is 18.5. The summed E-state index contributed by atoms with van der Waals surface area (Å²) >= 11 is 6.33. The molecule has 0 N–H and O–H groups in total. The summed E-state index contributed by atoms with van der Waals surface area (Å²) < 4.78 is 5.34. The van der Waals surface area contributed by atoms with Crippen LogP contribution in [0.2, 0.25) is 5.02 Å². The largest absolute Gasteiger partial charge is 0.462 e. The van der Waals surface area contributed by atoms with Crippen LogP contribution < -0.4 is 0 Å². The third kappa shape index (κ3) is 5.68.